The lowest BCUT2D eigenvalue weighted by Crippen LogP contribution is -1.93. The van der Waals surface area contributed by atoms with Gasteiger partial charge in [-0.05, 0) is 36.2 Å². The summed E-state index contributed by atoms with van der Waals surface area (Å²) in [6.07, 6.45) is 1.92. The molecule has 6 nitrogen and oxygen atoms in total. The Morgan fingerprint density at radius 2 is 2.05 bits per heavy atom. The number of rotatable bonds is 1. The summed E-state index contributed by atoms with van der Waals surface area (Å²) < 4.78 is 12.4. The molecule has 1 aliphatic heterocycles. The van der Waals surface area contributed by atoms with Crippen molar-refractivity contribution in [1.29, 1.82) is 0 Å². The molecular formula is C14H12N4O2. The first kappa shape index (κ1) is 11.1. The summed E-state index contributed by atoms with van der Waals surface area (Å²) in [5.74, 6) is 1.81. The molecule has 3 heterocycles. The van der Waals surface area contributed by atoms with Gasteiger partial charge in [0.2, 0.25) is 12.7 Å². The molecule has 3 aromatic rings. The lowest BCUT2D eigenvalue weighted by atomic mass is 10.0. The van der Waals surface area contributed by atoms with E-state index in [1.54, 1.807) is 4.52 Å². The summed E-state index contributed by atoms with van der Waals surface area (Å²) in [7, 11) is 0. The van der Waals surface area contributed by atoms with Gasteiger partial charge >= 0.3 is 0 Å². The van der Waals surface area contributed by atoms with Gasteiger partial charge in [0.25, 0.3) is 0 Å². The first-order valence-electron chi connectivity index (χ1n) is 6.23. The summed E-state index contributed by atoms with van der Waals surface area (Å²) in [4.78, 5) is 4.15. The predicted molar refractivity (Wildman–Crippen MR) is 73.7 cm³/mol. The Bertz CT molecular complexity index is 825. The number of aromatic nitrogens is 3. The minimum Gasteiger partial charge on any atom is -0.454 e. The van der Waals surface area contributed by atoms with Gasteiger partial charge in [0, 0.05) is 11.8 Å². The third-order valence-corrected chi connectivity index (χ3v) is 3.38. The third kappa shape index (κ3) is 1.58. The number of aryl methyl sites for hydroxylation is 1. The van der Waals surface area contributed by atoms with Crippen LogP contribution in [0.15, 0.2) is 30.5 Å². The molecule has 0 saturated heterocycles. The van der Waals surface area contributed by atoms with E-state index >= 15 is 0 Å². The Hall–Kier alpha value is -2.76. The summed E-state index contributed by atoms with van der Waals surface area (Å²) in [5, 5.41) is 4.14. The molecule has 0 spiro atoms. The van der Waals surface area contributed by atoms with E-state index in [2.05, 4.69) is 10.1 Å². The number of hydrogen-bond donors (Lipinski definition) is 1. The van der Waals surface area contributed by atoms with Crippen molar-refractivity contribution in [2.75, 3.05) is 12.5 Å². The van der Waals surface area contributed by atoms with Crippen LogP contribution in [0.25, 0.3) is 16.8 Å². The van der Waals surface area contributed by atoms with Crippen molar-refractivity contribution in [2.45, 2.75) is 6.92 Å². The highest BCUT2D eigenvalue weighted by Crippen LogP contribution is 2.36. The first-order valence-corrected chi connectivity index (χ1v) is 6.23. The standard InChI is InChI=1S/C14H12N4O2/c1-8-4-13-16-14(15)17-18(13)6-10(8)9-2-3-11-12(5-9)20-7-19-11/h2-6H,7H2,1H3,(H2,15,17). The minimum atomic E-state index is 0.271. The fourth-order valence-electron chi connectivity index (χ4n) is 2.41. The van der Waals surface area contributed by atoms with Crippen LogP contribution in [0.2, 0.25) is 0 Å². The number of nitrogens with zero attached hydrogens (tertiary/aromatic N) is 3. The van der Waals surface area contributed by atoms with E-state index in [1.165, 1.54) is 0 Å². The number of nitrogen functional groups attached to an aromatic ring is 1. The van der Waals surface area contributed by atoms with Crippen LogP contribution in [0, 0.1) is 6.92 Å². The molecule has 0 fully saturated rings. The van der Waals surface area contributed by atoms with E-state index < -0.39 is 0 Å². The van der Waals surface area contributed by atoms with Crippen molar-refractivity contribution in [1.82, 2.24) is 14.6 Å². The monoisotopic (exact) mass is 268 g/mol. The van der Waals surface area contributed by atoms with Crippen molar-refractivity contribution in [3.63, 3.8) is 0 Å². The molecule has 6 heteroatoms. The predicted octanol–water partition coefficient (Wildman–Crippen LogP) is 2.02. The smallest absolute Gasteiger partial charge is 0.240 e. The van der Waals surface area contributed by atoms with Crippen molar-refractivity contribution in [2.24, 2.45) is 0 Å². The van der Waals surface area contributed by atoms with Gasteiger partial charge in [0.15, 0.2) is 17.1 Å². The van der Waals surface area contributed by atoms with Crippen molar-refractivity contribution in [3.8, 4) is 22.6 Å². The Labute approximate surface area is 114 Å². The first-order chi connectivity index (χ1) is 9.70. The van der Waals surface area contributed by atoms with Crippen LogP contribution in [0.4, 0.5) is 5.95 Å². The normalized spacial score (nSPS) is 13.1. The molecule has 4 rings (SSSR count). The van der Waals surface area contributed by atoms with Gasteiger partial charge in [-0.3, -0.25) is 0 Å². The molecule has 0 amide bonds. The summed E-state index contributed by atoms with van der Waals surface area (Å²) in [5.41, 5.74) is 9.56. The fourth-order valence-corrected chi connectivity index (χ4v) is 2.41. The third-order valence-electron chi connectivity index (χ3n) is 3.38. The molecule has 1 aliphatic rings. The van der Waals surface area contributed by atoms with Gasteiger partial charge in [-0.15, -0.1) is 5.10 Å². The van der Waals surface area contributed by atoms with Crippen LogP contribution in [-0.4, -0.2) is 21.4 Å². The Morgan fingerprint density at radius 1 is 1.20 bits per heavy atom. The largest absolute Gasteiger partial charge is 0.454 e. The average molecular weight is 268 g/mol. The van der Waals surface area contributed by atoms with E-state index in [4.69, 9.17) is 15.2 Å². The van der Waals surface area contributed by atoms with Crippen LogP contribution in [0.3, 0.4) is 0 Å². The number of benzene rings is 1. The van der Waals surface area contributed by atoms with Crippen LogP contribution < -0.4 is 15.2 Å². The zero-order chi connectivity index (χ0) is 13.7. The van der Waals surface area contributed by atoms with Gasteiger partial charge < -0.3 is 15.2 Å². The zero-order valence-corrected chi connectivity index (χ0v) is 10.8. The van der Waals surface area contributed by atoms with Crippen molar-refractivity contribution < 1.29 is 9.47 Å². The molecule has 20 heavy (non-hydrogen) atoms. The summed E-state index contributed by atoms with van der Waals surface area (Å²) in [6, 6.07) is 7.85. The summed E-state index contributed by atoms with van der Waals surface area (Å²) in [6.45, 7) is 2.31. The number of pyridine rings is 1. The second-order valence-electron chi connectivity index (χ2n) is 4.71. The number of anilines is 1. The van der Waals surface area contributed by atoms with Crippen molar-refractivity contribution >= 4 is 11.6 Å². The molecule has 2 N–H and O–H groups in total. The van der Waals surface area contributed by atoms with E-state index in [0.717, 1.165) is 33.8 Å². The highest BCUT2D eigenvalue weighted by atomic mass is 16.7. The molecule has 0 bridgehead atoms. The molecule has 100 valence electrons. The van der Waals surface area contributed by atoms with E-state index in [9.17, 15) is 0 Å². The number of hydrogen-bond acceptors (Lipinski definition) is 5. The molecule has 0 unspecified atom stereocenters. The number of fused-ring (bicyclic) bond motifs is 2. The van der Waals surface area contributed by atoms with Crippen LogP contribution in [0.1, 0.15) is 5.56 Å². The Balaban J connectivity index is 1.90. The Morgan fingerprint density at radius 3 is 2.95 bits per heavy atom. The van der Waals surface area contributed by atoms with Gasteiger partial charge in [-0.2, -0.15) is 4.98 Å². The topological polar surface area (TPSA) is 74.7 Å². The molecule has 0 aliphatic carbocycles. The maximum Gasteiger partial charge on any atom is 0.240 e. The minimum absolute atomic E-state index is 0.271. The average Bonchev–Trinajstić information content (AvgIpc) is 3.01. The second-order valence-corrected chi connectivity index (χ2v) is 4.71. The van der Waals surface area contributed by atoms with Crippen LogP contribution in [-0.2, 0) is 0 Å². The van der Waals surface area contributed by atoms with E-state index in [-0.39, 0.29) is 12.7 Å². The summed E-state index contributed by atoms with van der Waals surface area (Å²) >= 11 is 0. The van der Waals surface area contributed by atoms with Gasteiger partial charge in [-0.1, -0.05) is 6.07 Å². The second kappa shape index (κ2) is 3.86. The number of nitrogens with two attached hydrogens (primary N) is 1. The Kier molecular flexibility index (Phi) is 2.14. The SMILES string of the molecule is Cc1cc2nc(N)nn2cc1-c1ccc2c(c1)OCO2. The van der Waals surface area contributed by atoms with E-state index in [1.807, 2.05) is 37.4 Å². The molecule has 1 aromatic carbocycles. The van der Waals surface area contributed by atoms with Crippen LogP contribution in [0.5, 0.6) is 11.5 Å². The fraction of sp³-hybridized carbons (Fsp3) is 0.143. The quantitative estimate of drug-likeness (QED) is 0.730. The molecule has 2 aromatic heterocycles. The zero-order valence-electron chi connectivity index (χ0n) is 10.8. The van der Waals surface area contributed by atoms with Crippen molar-refractivity contribution in [3.05, 3.63) is 36.0 Å². The van der Waals surface area contributed by atoms with Gasteiger partial charge in [-0.25, -0.2) is 4.52 Å². The molecule has 0 saturated carbocycles. The van der Waals surface area contributed by atoms with Gasteiger partial charge in [0.1, 0.15) is 0 Å². The lowest BCUT2D eigenvalue weighted by Gasteiger charge is -2.07. The number of ether oxygens (including phenoxy) is 2. The lowest BCUT2D eigenvalue weighted by molar-refractivity contribution is 0.174. The molecule has 0 atom stereocenters. The molecular weight excluding hydrogens is 256 g/mol. The highest BCUT2D eigenvalue weighted by Gasteiger charge is 2.15. The highest BCUT2D eigenvalue weighted by molar-refractivity contribution is 5.71. The maximum absolute atomic E-state index is 5.62. The van der Waals surface area contributed by atoms with E-state index in [0.29, 0.717) is 0 Å². The van der Waals surface area contributed by atoms with Gasteiger partial charge in [0.05, 0.1) is 0 Å². The molecule has 0 radical (unpaired) electrons. The maximum atomic E-state index is 5.62. The van der Waals surface area contributed by atoms with Crippen LogP contribution >= 0.6 is 0 Å².